The molecule has 4 heteroatoms. The Kier molecular flexibility index (Phi) is 4.43. The zero-order chi connectivity index (χ0) is 13.8. The van der Waals surface area contributed by atoms with Crippen molar-refractivity contribution < 1.29 is 14.3 Å². The predicted molar refractivity (Wildman–Crippen MR) is 76.8 cm³/mol. The highest BCUT2D eigenvalue weighted by Gasteiger charge is 2.27. The van der Waals surface area contributed by atoms with Crippen LogP contribution in [0.5, 0.6) is 0 Å². The number of ether oxygens (including phenoxy) is 2. The lowest BCUT2D eigenvalue weighted by Crippen LogP contribution is -2.20. The van der Waals surface area contributed by atoms with E-state index in [2.05, 4.69) is 6.92 Å². The van der Waals surface area contributed by atoms with Crippen LogP contribution in [-0.2, 0) is 14.3 Å². The summed E-state index contributed by atoms with van der Waals surface area (Å²) in [6.07, 6.45) is 2.91. The molecule has 0 spiro atoms. The second-order valence-electron chi connectivity index (χ2n) is 4.31. The molecule has 1 aliphatic heterocycles. The van der Waals surface area contributed by atoms with Gasteiger partial charge in [-0.2, -0.15) is 11.3 Å². The number of esters is 1. The van der Waals surface area contributed by atoms with Crippen molar-refractivity contribution in [1.82, 2.24) is 0 Å². The van der Waals surface area contributed by atoms with Crippen LogP contribution < -0.4 is 0 Å². The molecule has 102 valence electrons. The first-order chi connectivity index (χ1) is 9.17. The van der Waals surface area contributed by atoms with E-state index in [0.717, 1.165) is 17.6 Å². The first kappa shape index (κ1) is 13.9. The van der Waals surface area contributed by atoms with E-state index in [1.54, 1.807) is 18.3 Å². The molecule has 3 nitrogen and oxygen atoms in total. The molecule has 0 saturated carbocycles. The number of carbonyl (C=O) groups is 1. The summed E-state index contributed by atoms with van der Waals surface area (Å²) in [5.41, 5.74) is 2.52. The van der Waals surface area contributed by atoms with Crippen LogP contribution in [0.25, 0.3) is 5.57 Å². The van der Waals surface area contributed by atoms with Crippen LogP contribution in [0.3, 0.4) is 0 Å². The van der Waals surface area contributed by atoms with Gasteiger partial charge in [0, 0.05) is 5.57 Å². The smallest absolute Gasteiger partial charge is 0.342 e. The summed E-state index contributed by atoms with van der Waals surface area (Å²) in [5.74, 6) is 0.334. The zero-order valence-corrected chi connectivity index (χ0v) is 12.3. The van der Waals surface area contributed by atoms with Gasteiger partial charge in [0.05, 0.1) is 6.61 Å². The lowest BCUT2D eigenvalue weighted by molar-refractivity contribution is -0.138. The van der Waals surface area contributed by atoms with Crippen LogP contribution in [-0.4, -0.2) is 18.7 Å². The third kappa shape index (κ3) is 2.89. The Bertz CT molecular complexity index is 512. The Hall–Kier alpha value is -1.55. The van der Waals surface area contributed by atoms with Gasteiger partial charge in [0.25, 0.3) is 0 Å². The number of allylic oxidation sites excluding steroid dienone is 1. The molecule has 0 radical (unpaired) electrons. The number of thiophene rings is 1. The minimum Gasteiger partial charge on any atom is -0.490 e. The van der Waals surface area contributed by atoms with Gasteiger partial charge in [-0.05, 0) is 48.7 Å². The molecule has 2 heterocycles. The van der Waals surface area contributed by atoms with Crippen LogP contribution in [0.2, 0.25) is 0 Å². The number of carbonyl (C=O) groups excluding carboxylic acids is 1. The number of rotatable bonds is 4. The summed E-state index contributed by atoms with van der Waals surface area (Å²) < 4.78 is 10.9. The van der Waals surface area contributed by atoms with Crippen LogP contribution in [0.15, 0.2) is 34.2 Å². The Morgan fingerprint density at radius 3 is 2.84 bits per heavy atom. The monoisotopic (exact) mass is 278 g/mol. The number of hydrogen-bond donors (Lipinski definition) is 0. The lowest BCUT2D eigenvalue weighted by atomic mass is 9.95. The predicted octanol–water partition coefficient (Wildman–Crippen LogP) is 3.78. The van der Waals surface area contributed by atoms with Crippen LogP contribution in [0, 0.1) is 0 Å². The number of hydrogen-bond acceptors (Lipinski definition) is 4. The summed E-state index contributed by atoms with van der Waals surface area (Å²) in [6, 6.07) is 2.01. The molecule has 0 fully saturated rings. The second kappa shape index (κ2) is 6.06. The SMILES string of the molecule is CCOC(=O)C1=C(C)OC(CC)C=C1c1ccsc1. The molecule has 1 aromatic heterocycles. The largest absolute Gasteiger partial charge is 0.490 e. The van der Waals surface area contributed by atoms with Crippen LogP contribution >= 0.6 is 11.3 Å². The third-order valence-corrected chi connectivity index (χ3v) is 3.70. The third-order valence-electron chi connectivity index (χ3n) is 3.02. The minimum atomic E-state index is -0.313. The van der Waals surface area contributed by atoms with Gasteiger partial charge in [-0.25, -0.2) is 4.79 Å². The Balaban J connectivity index is 2.42. The van der Waals surface area contributed by atoms with E-state index < -0.39 is 0 Å². The second-order valence-corrected chi connectivity index (χ2v) is 5.09. The molecular weight excluding hydrogens is 260 g/mol. The normalized spacial score (nSPS) is 18.9. The molecule has 0 bridgehead atoms. The van der Waals surface area contributed by atoms with Crippen molar-refractivity contribution in [2.75, 3.05) is 6.61 Å². The van der Waals surface area contributed by atoms with Gasteiger partial charge in [-0.15, -0.1) is 0 Å². The molecule has 0 saturated heterocycles. The highest BCUT2D eigenvalue weighted by atomic mass is 32.1. The van der Waals surface area contributed by atoms with Crippen molar-refractivity contribution in [3.05, 3.63) is 39.8 Å². The van der Waals surface area contributed by atoms with Crippen LogP contribution in [0.1, 0.15) is 32.8 Å². The van der Waals surface area contributed by atoms with E-state index in [0.29, 0.717) is 17.9 Å². The van der Waals surface area contributed by atoms with Gasteiger partial charge in [0.1, 0.15) is 17.4 Å². The van der Waals surface area contributed by atoms with Crippen molar-refractivity contribution in [3.8, 4) is 0 Å². The van der Waals surface area contributed by atoms with E-state index in [1.807, 2.05) is 29.8 Å². The van der Waals surface area contributed by atoms with Crippen molar-refractivity contribution in [3.63, 3.8) is 0 Å². The van der Waals surface area contributed by atoms with E-state index in [1.165, 1.54) is 0 Å². The van der Waals surface area contributed by atoms with Crippen molar-refractivity contribution in [2.45, 2.75) is 33.3 Å². The molecule has 19 heavy (non-hydrogen) atoms. The topological polar surface area (TPSA) is 35.5 Å². The molecule has 1 aromatic rings. The van der Waals surface area contributed by atoms with Gasteiger partial charge in [0.15, 0.2) is 0 Å². The molecule has 2 rings (SSSR count). The lowest BCUT2D eigenvalue weighted by Gasteiger charge is -2.25. The molecule has 0 aromatic carbocycles. The first-order valence-corrected chi connectivity index (χ1v) is 7.41. The molecule has 1 unspecified atom stereocenters. The summed E-state index contributed by atoms with van der Waals surface area (Å²) in [4.78, 5) is 12.1. The highest BCUT2D eigenvalue weighted by Crippen LogP contribution is 2.34. The van der Waals surface area contributed by atoms with Crippen LogP contribution in [0.4, 0.5) is 0 Å². The Labute approximate surface area is 117 Å². The van der Waals surface area contributed by atoms with E-state index in [9.17, 15) is 4.79 Å². The Morgan fingerprint density at radius 2 is 2.26 bits per heavy atom. The zero-order valence-electron chi connectivity index (χ0n) is 11.4. The Morgan fingerprint density at radius 1 is 1.47 bits per heavy atom. The average Bonchev–Trinajstić information content (AvgIpc) is 2.91. The summed E-state index contributed by atoms with van der Waals surface area (Å²) in [6.45, 7) is 6.06. The fourth-order valence-electron chi connectivity index (χ4n) is 2.10. The fourth-order valence-corrected chi connectivity index (χ4v) is 2.75. The van der Waals surface area contributed by atoms with E-state index in [4.69, 9.17) is 9.47 Å². The molecule has 0 amide bonds. The van der Waals surface area contributed by atoms with Gasteiger partial charge in [0.2, 0.25) is 0 Å². The van der Waals surface area contributed by atoms with Gasteiger partial charge in [-0.3, -0.25) is 0 Å². The maximum absolute atomic E-state index is 12.1. The summed E-state index contributed by atoms with van der Waals surface area (Å²) in [7, 11) is 0. The van der Waals surface area contributed by atoms with Crippen molar-refractivity contribution in [2.24, 2.45) is 0 Å². The molecule has 1 aliphatic rings. The highest BCUT2D eigenvalue weighted by molar-refractivity contribution is 7.08. The molecule has 0 aliphatic carbocycles. The van der Waals surface area contributed by atoms with E-state index >= 15 is 0 Å². The molecule has 0 N–H and O–H groups in total. The van der Waals surface area contributed by atoms with Gasteiger partial charge >= 0.3 is 5.97 Å². The standard InChI is InChI=1S/C15H18O3S/c1-4-12-8-13(11-6-7-19-9-11)14(10(3)18-12)15(16)17-5-2/h6-9,12H,4-5H2,1-3H3. The van der Waals surface area contributed by atoms with E-state index in [-0.39, 0.29) is 12.1 Å². The average molecular weight is 278 g/mol. The van der Waals surface area contributed by atoms with Crippen molar-refractivity contribution >= 4 is 22.9 Å². The fraction of sp³-hybridized carbons (Fsp3) is 0.400. The molecule has 1 atom stereocenters. The maximum Gasteiger partial charge on any atom is 0.342 e. The summed E-state index contributed by atoms with van der Waals surface area (Å²) >= 11 is 1.61. The minimum absolute atomic E-state index is 0.0214. The molecular formula is C15H18O3S. The maximum atomic E-state index is 12.1. The van der Waals surface area contributed by atoms with Gasteiger partial charge < -0.3 is 9.47 Å². The first-order valence-electron chi connectivity index (χ1n) is 6.46. The van der Waals surface area contributed by atoms with Gasteiger partial charge in [-0.1, -0.05) is 6.92 Å². The quantitative estimate of drug-likeness (QED) is 0.786. The van der Waals surface area contributed by atoms with Crippen molar-refractivity contribution in [1.29, 1.82) is 0 Å². The summed E-state index contributed by atoms with van der Waals surface area (Å²) in [5, 5.41) is 4.04.